The van der Waals surface area contributed by atoms with Crippen molar-refractivity contribution in [1.29, 1.82) is 0 Å². The molecule has 9 heteroatoms. The molecule has 1 atom stereocenters. The molecule has 0 aliphatic heterocycles. The van der Waals surface area contributed by atoms with E-state index in [0.717, 1.165) is 12.1 Å². The predicted octanol–water partition coefficient (Wildman–Crippen LogP) is 4.44. The fraction of sp³-hybridized carbons (Fsp3) is 0.364. The van der Waals surface area contributed by atoms with Crippen LogP contribution in [0.1, 0.15) is 35.3 Å². The van der Waals surface area contributed by atoms with Gasteiger partial charge in [-0.3, -0.25) is 9.59 Å². The van der Waals surface area contributed by atoms with Crippen LogP contribution in [0.25, 0.3) is 0 Å². The fourth-order valence-electron chi connectivity index (χ4n) is 2.72. The number of benzene rings is 2. The average Bonchev–Trinajstić information content (AvgIpc) is 2.70. The largest absolute Gasteiger partial charge is 0.489 e. The van der Waals surface area contributed by atoms with Gasteiger partial charge in [-0.2, -0.15) is 13.2 Å². The minimum atomic E-state index is -4.44. The number of carbonyl (C=O) groups is 2. The smallest absolute Gasteiger partial charge is 0.416 e. The Hall–Kier alpha value is -3.07. The lowest BCUT2D eigenvalue weighted by molar-refractivity contribution is -0.150. The lowest BCUT2D eigenvalue weighted by Gasteiger charge is -2.18. The molecule has 0 unspecified atom stereocenters. The summed E-state index contributed by atoms with van der Waals surface area (Å²) in [5, 5.41) is 0. The van der Waals surface area contributed by atoms with E-state index < -0.39 is 23.8 Å². The summed E-state index contributed by atoms with van der Waals surface area (Å²) in [6.07, 6.45) is -5.09. The number of Topliss-reactive ketones (excluding diaryl/α,β-unsaturated/α-hetero) is 1. The zero-order chi connectivity index (χ0) is 23.0. The summed E-state index contributed by atoms with van der Waals surface area (Å²) in [6.45, 7) is 2.59. The molecule has 0 saturated carbocycles. The maximum Gasteiger partial charge on any atom is 0.416 e. The molecule has 0 aliphatic carbocycles. The van der Waals surface area contributed by atoms with E-state index in [2.05, 4.69) is 0 Å². The summed E-state index contributed by atoms with van der Waals surface area (Å²) in [7, 11) is 1.45. The molecule has 0 spiro atoms. The summed E-state index contributed by atoms with van der Waals surface area (Å²) in [6, 6.07) is 9.30. The van der Waals surface area contributed by atoms with Crippen molar-refractivity contribution in [3.05, 3.63) is 59.2 Å². The maximum atomic E-state index is 12.8. The Morgan fingerprint density at radius 2 is 1.74 bits per heavy atom. The normalized spacial score (nSPS) is 12.2. The van der Waals surface area contributed by atoms with Crippen molar-refractivity contribution in [3.63, 3.8) is 0 Å². The van der Waals surface area contributed by atoms with Gasteiger partial charge in [0.1, 0.15) is 24.7 Å². The van der Waals surface area contributed by atoms with Gasteiger partial charge in [0.2, 0.25) is 0 Å². The van der Waals surface area contributed by atoms with E-state index in [4.69, 9.17) is 18.9 Å². The van der Waals surface area contributed by atoms with Crippen LogP contribution in [0.15, 0.2) is 42.5 Å². The Morgan fingerprint density at radius 3 is 2.35 bits per heavy atom. The highest BCUT2D eigenvalue weighted by atomic mass is 19.4. The number of ether oxygens (including phenoxy) is 4. The van der Waals surface area contributed by atoms with E-state index in [9.17, 15) is 22.8 Å². The molecule has 2 aromatic rings. The molecule has 0 N–H and O–H groups in total. The molecule has 168 valence electrons. The summed E-state index contributed by atoms with van der Waals surface area (Å²) in [5.74, 6) is -0.235. The topological polar surface area (TPSA) is 71.1 Å². The first kappa shape index (κ1) is 24.2. The summed E-state index contributed by atoms with van der Waals surface area (Å²) in [5.41, 5.74) is -0.205. The molecular weight excluding hydrogens is 417 g/mol. The monoisotopic (exact) mass is 440 g/mol. The Labute approximate surface area is 177 Å². The lowest BCUT2D eigenvalue weighted by atomic mass is 10.1. The molecule has 0 radical (unpaired) electrons. The Bertz CT molecular complexity index is 910. The Kier molecular flexibility index (Phi) is 8.44. The minimum absolute atomic E-state index is 0.0296. The molecule has 0 bridgehead atoms. The SMILES string of the molecule is COC[C@@H](COc1ccc(OCc2cccc(C(F)(F)F)c2)cc1C(C)=O)OC(C)=O. The van der Waals surface area contributed by atoms with Gasteiger partial charge in [-0.15, -0.1) is 0 Å². The first-order valence-electron chi connectivity index (χ1n) is 9.33. The van der Waals surface area contributed by atoms with Gasteiger partial charge in [0.05, 0.1) is 17.7 Å². The fourth-order valence-corrected chi connectivity index (χ4v) is 2.72. The highest BCUT2D eigenvalue weighted by Gasteiger charge is 2.30. The number of esters is 1. The molecular formula is C22H23F3O6. The zero-order valence-electron chi connectivity index (χ0n) is 17.3. The third kappa shape index (κ3) is 7.60. The predicted molar refractivity (Wildman–Crippen MR) is 105 cm³/mol. The second-order valence-corrected chi connectivity index (χ2v) is 6.70. The van der Waals surface area contributed by atoms with E-state index >= 15 is 0 Å². The molecule has 0 fully saturated rings. The van der Waals surface area contributed by atoms with Crippen LogP contribution in [0, 0.1) is 0 Å². The molecule has 0 amide bonds. The van der Waals surface area contributed by atoms with Crippen molar-refractivity contribution in [2.45, 2.75) is 32.7 Å². The highest BCUT2D eigenvalue weighted by Crippen LogP contribution is 2.30. The number of methoxy groups -OCH3 is 1. The molecule has 0 heterocycles. The van der Waals surface area contributed by atoms with E-state index in [1.807, 2.05) is 0 Å². The van der Waals surface area contributed by atoms with Crippen LogP contribution in [0.4, 0.5) is 13.2 Å². The van der Waals surface area contributed by atoms with Crippen molar-refractivity contribution in [3.8, 4) is 11.5 Å². The van der Waals surface area contributed by atoms with Gasteiger partial charge in [-0.25, -0.2) is 0 Å². The number of hydrogen-bond acceptors (Lipinski definition) is 6. The van der Waals surface area contributed by atoms with Crippen molar-refractivity contribution < 1.29 is 41.7 Å². The third-order valence-electron chi connectivity index (χ3n) is 4.10. The molecule has 2 rings (SSSR count). The summed E-state index contributed by atoms with van der Waals surface area (Å²) in [4.78, 5) is 23.2. The molecule has 2 aromatic carbocycles. The van der Waals surface area contributed by atoms with Crippen LogP contribution >= 0.6 is 0 Å². The Morgan fingerprint density at radius 1 is 1.00 bits per heavy atom. The number of carbonyl (C=O) groups excluding carboxylic acids is 2. The van der Waals surface area contributed by atoms with Crippen molar-refractivity contribution >= 4 is 11.8 Å². The molecule has 0 aliphatic rings. The number of ketones is 1. The number of rotatable bonds is 10. The van der Waals surface area contributed by atoms with Crippen molar-refractivity contribution in [2.24, 2.45) is 0 Å². The van der Waals surface area contributed by atoms with Gasteiger partial charge in [-0.05, 0) is 42.8 Å². The molecule has 31 heavy (non-hydrogen) atoms. The van der Waals surface area contributed by atoms with Crippen LogP contribution < -0.4 is 9.47 Å². The second kappa shape index (κ2) is 10.8. The van der Waals surface area contributed by atoms with Gasteiger partial charge in [0.15, 0.2) is 11.9 Å². The van der Waals surface area contributed by atoms with Crippen LogP contribution in [-0.4, -0.2) is 38.2 Å². The first-order chi connectivity index (χ1) is 14.6. The van der Waals surface area contributed by atoms with Crippen LogP contribution in [0.2, 0.25) is 0 Å². The van der Waals surface area contributed by atoms with Gasteiger partial charge >= 0.3 is 12.1 Å². The van der Waals surface area contributed by atoms with Gasteiger partial charge in [-0.1, -0.05) is 12.1 Å². The van der Waals surface area contributed by atoms with Crippen LogP contribution in [0.5, 0.6) is 11.5 Å². The average molecular weight is 440 g/mol. The standard InChI is InChI=1S/C22H23F3O6/c1-14(26)20-10-18(29-11-16-5-4-6-17(9-16)22(23,24)25)7-8-21(20)30-13-19(12-28-3)31-15(2)27/h4-10,19H,11-13H2,1-3H3/t19-/m0/s1. The highest BCUT2D eigenvalue weighted by molar-refractivity contribution is 5.97. The van der Waals surface area contributed by atoms with Gasteiger partial charge in [0, 0.05) is 14.0 Å². The number of halogens is 3. The van der Waals surface area contributed by atoms with E-state index in [1.54, 1.807) is 0 Å². The molecule has 0 saturated heterocycles. The molecule has 6 nitrogen and oxygen atoms in total. The van der Waals surface area contributed by atoms with Crippen LogP contribution in [0.3, 0.4) is 0 Å². The van der Waals surface area contributed by atoms with E-state index in [0.29, 0.717) is 11.3 Å². The van der Waals surface area contributed by atoms with E-state index in [-0.39, 0.29) is 36.9 Å². The zero-order valence-corrected chi connectivity index (χ0v) is 17.3. The maximum absolute atomic E-state index is 12.8. The summed E-state index contributed by atoms with van der Waals surface area (Å²) < 4.78 is 59.8. The third-order valence-corrected chi connectivity index (χ3v) is 4.10. The van der Waals surface area contributed by atoms with Crippen LogP contribution in [-0.2, 0) is 27.1 Å². The van der Waals surface area contributed by atoms with Gasteiger partial charge < -0.3 is 18.9 Å². The van der Waals surface area contributed by atoms with E-state index in [1.165, 1.54) is 51.3 Å². The Balaban J connectivity index is 2.09. The number of alkyl halides is 3. The second-order valence-electron chi connectivity index (χ2n) is 6.70. The first-order valence-corrected chi connectivity index (χ1v) is 9.33. The quantitative estimate of drug-likeness (QED) is 0.402. The van der Waals surface area contributed by atoms with Crippen molar-refractivity contribution in [2.75, 3.05) is 20.3 Å². The van der Waals surface area contributed by atoms with Crippen molar-refractivity contribution in [1.82, 2.24) is 0 Å². The minimum Gasteiger partial charge on any atom is -0.489 e. The lowest BCUT2D eigenvalue weighted by Crippen LogP contribution is -2.28. The van der Waals surface area contributed by atoms with Gasteiger partial charge in [0.25, 0.3) is 0 Å². The molecule has 0 aromatic heterocycles. The number of hydrogen-bond donors (Lipinski definition) is 0. The summed E-state index contributed by atoms with van der Waals surface area (Å²) >= 11 is 0.